The number of halogens is 2. The van der Waals surface area contributed by atoms with Crippen LogP contribution in [0.1, 0.15) is 50.0 Å². The number of nitrogens with two attached hydrogens (primary N) is 1. The second-order valence-corrected chi connectivity index (χ2v) is 10.3. The molecule has 182 valence electrons. The zero-order valence-corrected chi connectivity index (χ0v) is 19.0. The molecule has 3 fully saturated rings. The summed E-state index contributed by atoms with van der Waals surface area (Å²) in [5, 5.41) is 11.8. The Morgan fingerprint density at radius 3 is 2.32 bits per heavy atom. The number of carbonyl (C=O) groups is 2. The SMILES string of the molecule is CC(C)(C)OC(=O)NC1C2CN(c3c(F)c(N)c4c(=O)c(C(=O)O)cn(C5CC5)c4c3F)CC21. The first-order valence-electron chi connectivity index (χ1n) is 11.2. The molecule has 2 saturated carbocycles. The predicted octanol–water partition coefficient (Wildman–Crippen LogP) is 2.85. The number of aromatic carboxylic acids is 1. The van der Waals surface area contributed by atoms with Crippen molar-refractivity contribution in [3.63, 3.8) is 0 Å². The van der Waals surface area contributed by atoms with E-state index < -0.39 is 51.4 Å². The van der Waals surface area contributed by atoms with E-state index in [1.807, 2.05) is 0 Å². The lowest BCUT2D eigenvalue weighted by molar-refractivity contribution is 0.0517. The van der Waals surface area contributed by atoms with Gasteiger partial charge in [-0.05, 0) is 33.6 Å². The predicted molar refractivity (Wildman–Crippen MR) is 120 cm³/mol. The van der Waals surface area contributed by atoms with E-state index >= 15 is 8.78 Å². The van der Waals surface area contributed by atoms with Gasteiger partial charge in [-0.3, -0.25) is 4.79 Å². The smallest absolute Gasteiger partial charge is 0.407 e. The molecule has 1 amide bonds. The number of nitrogens with zero attached hydrogens (tertiary/aromatic N) is 2. The summed E-state index contributed by atoms with van der Waals surface area (Å²) in [6, 6.07) is -0.319. The van der Waals surface area contributed by atoms with Gasteiger partial charge in [0.05, 0.1) is 16.6 Å². The Bertz CT molecular complexity index is 1290. The van der Waals surface area contributed by atoms with Crippen LogP contribution >= 0.6 is 0 Å². The van der Waals surface area contributed by atoms with Gasteiger partial charge in [0.15, 0.2) is 11.6 Å². The Hall–Kier alpha value is -3.37. The monoisotopic (exact) mass is 476 g/mol. The maximum atomic E-state index is 15.8. The van der Waals surface area contributed by atoms with Gasteiger partial charge in [0, 0.05) is 43.2 Å². The maximum absolute atomic E-state index is 15.8. The van der Waals surface area contributed by atoms with Crippen LogP contribution in [-0.4, -0.2) is 46.5 Å². The van der Waals surface area contributed by atoms with Gasteiger partial charge < -0.3 is 30.4 Å². The lowest BCUT2D eigenvalue weighted by atomic mass is 10.1. The third-order valence-corrected chi connectivity index (χ3v) is 6.73. The number of nitrogens with one attached hydrogen (secondary N) is 1. The van der Waals surface area contributed by atoms with Crippen molar-refractivity contribution in [2.45, 2.75) is 51.3 Å². The van der Waals surface area contributed by atoms with Gasteiger partial charge in [0.1, 0.15) is 16.9 Å². The number of hydrogen-bond donors (Lipinski definition) is 3. The number of carbonyl (C=O) groups excluding carboxylic acids is 1. The van der Waals surface area contributed by atoms with E-state index in [4.69, 9.17) is 10.5 Å². The number of pyridine rings is 1. The molecule has 2 aliphatic carbocycles. The first-order valence-corrected chi connectivity index (χ1v) is 11.2. The number of hydrogen-bond acceptors (Lipinski definition) is 6. The van der Waals surface area contributed by atoms with Crippen molar-refractivity contribution in [1.29, 1.82) is 0 Å². The van der Waals surface area contributed by atoms with E-state index in [0.717, 1.165) is 6.20 Å². The lowest BCUT2D eigenvalue weighted by Gasteiger charge is -2.26. The molecule has 9 nitrogen and oxygen atoms in total. The van der Waals surface area contributed by atoms with E-state index in [0.29, 0.717) is 25.9 Å². The average molecular weight is 476 g/mol. The number of carboxylic acids is 1. The molecule has 2 unspecified atom stereocenters. The van der Waals surface area contributed by atoms with Crippen LogP contribution < -0.4 is 21.4 Å². The number of ether oxygens (including phenoxy) is 1. The minimum Gasteiger partial charge on any atom is -0.477 e. The van der Waals surface area contributed by atoms with E-state index in [9.17, 15) is 19.5 Å². The standard InChI is InChI=1S/C23H26F2N4O5/c1-23(2,3)34-22(33)27-17-10-6-28(7-11(10)17)19-14(24)16(26)13-18(15(19)25)29(9-4-5-9)8-12(20(13)30)21(31)32/h8-11,17H,4-7,26H2,1-3H3,(H,27,33)(H,31,32). The highest BCUT2D eigenvalue weighted by Crippen LogP contribution is 2.49. The molecule has 2 aromatic rings. The van der Waals surface area contributed by atoms with Crippen LogP contribution in [0, 0.1) is 23.5 Å². The van der Waals surface area contributed by atoms with E-state index in [1.165, 1.54) is 9.47 Å². The van der Waals surface area contributed by atoms with Crippen LogP contribution in [0.4, 0.5) is 25.0 Å². The molecule has 11 heteroatoms. The molecule has 1 aromatic carbocycles. The summed E-state index contributed by atoms with van der Waals surface area (Å²) in [7, 11) is 0. The van der Waals surface area contributed by atoms with Crippen LogP contribution in [0.3, 0.4) is 0 Å². The fourth-order valence-electron chi connectivity index (χ4n) is 4.99. The Morgan fingerprint density at radius 2 is 1.79 bits per heavy atom. The summed E-state index contributed by atoms with van der Waals surface area (Å²) in [6.07, 6.45) is 1.97. The summed E-state index contributed by atoms with van der Waals surface area (Å²) >= 11 is 0. The number of rotatable bonds is 4. The Labute approximate surface area is 193 Å². The van der Waals surface area contributed by atoms with Crippen LogP contribution in [0.15, 0.2) is 11.0 Å². The van der Waals surface area contributed by atoms with Crippen LogP contribution in [0.2, 0.25) is 0 Å². The second-order valence-electron chi connectivity index (χ2n) is 10.3. The topological polar surface area (TPSA) is 127 Å². The molecule has 1 saturated heterocycles. The highest BCUT2D eigenvalue weighted by atomic mass is 19.1. The summed E-state index contributed by atoms with van der Waals surface area (Å²) in [5.41, 5.74) is 2.70. The quantitative estimate of drug-likeness (QED) is 0.579. The lowest BCUT2D eigenvalue weighted by Crippen LogP contribution is -2.38. The van der Waals surface area contributed by atoms with Gasteiger partial charge in [0.25, 0.3) is 0 Å². The fourth-order valence-corrected chi connectivity index (χ4v) is 4.99. The molecular formula is C23H26F2N4O5. The molecule has 1 aliphatic heterocycles. The second kappa shape index (κ2) is 7.31. The number of alkyl carbamates (subject to hydrolysis) is 1. The summed E-state index contributed by atoms with van der Waals surface area (Å²) in [5.74, 6) is -3.48. The van der Waals surface area contributed by atoms with Crippen molar-refractivity contribution in [1.82, 2.24) is 9.88 Å². The fraction of sp³-hybridized carbons (Fsp3) is 0.522. The highest BCUT2D eigenvalue weighted by molar-refractivity contribution is 5.99. The van der Waals surface area contributed by atoms with Gasteiger partial charge in [-0.25, -0.2) is 18.4 Å². The number of piperidine rings is 1. The summed E-state index contributed by atoms with van der Waals surface area (Å²) in [4.78, 5) is 37.9. The first kappa shape index (κ1) is 22.4. The molecule has 5 rings (SSSR count). The van der Waals surface area contributed by atoms with Gasteiger partial charge in [0.2, 0.25) is 5.43 Å². The normalized spacial score (nSPS) is 23.7. The molecular weight excluding hydrogens is 450 g/mol. The molecule has 34 heavy (non-hydrogen) atoms. The van der Waals surface area contributed by atoms with Crippen molar-refractivity contribution in [2.24, 2.45) is 11.8 Å². The Balaban J connectivity index is 1.48. The average Bonchev–Trinajstić information content (AvgIpc) is 3.62. The number of benzene rings is 1. The number of aromatic nitrogens is 1. The molecule has 1 aromatic heterocycles. The molecule has 2 atom stereocenters. The zero-order valence-electron chi connectivity index (χ0n) is 19.0. The minimum atomic E-state index is -1.48. The largest absolute Gasteiger partial charge is 0.477 e. The third kappa shape index (κ3) is 3.54. The van der Waals surface area contributed by atoms with Crippen molar-refractivity contribution < 1.29 is 28.2 Å². The van der Waals surface area contributed by atoms with E-state index in [-0.39, 0.29) is 35.1 Å². The number of amides is 1. The maximum Gasteiger partial charge on any atom is 0.407 e. The first-order chi connectivity index (χ1) is 15.9. The number of nitrogen functional groups attached to an aromatic ring is 1. The number of anilines is 2. The third-order valence-electron chi connectivity index (χ3n) is 6.73. The Kier molecular flexibility index (Phi) is 4.82. The van der Waals surface area contributed by atoms with E-state index in [1.54, 1.807) is 20.8 Å². The van der Waals surface area contributed by atoms with Crippen molar-refractivity contribution in [2.75, 3.05) is 23.7 Å². The minimum absolute atomic E-state index is 0.00301. The molecule has 4 N–H and O–H groups in total. The van der Waals surface area contributed by atoms with Gasteiger partial charge in [-0.15, -0.1) is 0 Å². The zero-order chi connectivity index (χ0) is 24.7. The molecule has 2 heterocycles. The van der Waals surface area contributed by atoms with Crippen LogP contribution in [0.5, 0.6) is 0 Å². The van der Waals surface area contributed by atoms with Crippen molar-refractivity contribution in [3.8, 4) is 0 Å². The van der Waals surface area contributed by atoms with Gasteiger partial charge in [-0.1, -0.05) is 0 Å². The van der Waals surface area contributed by atoms with E-state index in [2.05, 4.69) is 5.32 Å². The number of fused-ring (bicyclic) bond motifs is 2. The van der Waals surface area contributed by atoms with Gasteiger partial charge in [-0.2, -0.15) is 0 Å². The van der Waals surface area contributed by atoms with Crippen molar-refractivity contribution >= 4 is 34.3 Å². The highest BCUT2D eigenvalue weighted by Gasteiger charge is 2.57. The Morgan fingerprint density at radius 1 is 1.18 bits per heavy atom. The molecule has 3 aliphatic rings. The molecule has 0 radical (unpaired) electrons. The molecule has 0 bridgehead atoms. The van der Waals surface area contributed by atoms with Crippen molar-refractivity contribution in [3.05, 3.63) is 33.6 Å². The summed E-state index contributed by atoms with van der Waals surface area (Å²) < 4.78 is 37.8. The van der Waals surface area contributed by atoms with Crippen LogP contribution in [0.25, 0.3) is 10.9 Å². The number of carboxylic acid groups (broad SMARTS) is 1. The molecule has 0 spiro atoms. The summed E-state index contributed by atoms with van der Waals surface area (Å²) in [6.45, 7) is 5.88. The van der Waals surface area contributed by atoms with Gasteiger partial charge >= 0.3 is 12.1 Å². The van der Waals surface area contributed by atoms with Crippen LogP contribution in [-0.2, 0) is 4.74 Å².